The van der Waals surface area contributed by atoms with E-state index in [1.165, 1.54) is 22.3 Å². The van der Waals surface area contributed by atoms with Crippen molar-refractivity contribution >= 4 is 0 Å². The predicted octanol–water partition coefficient (Wildman–Crippen LogP) is 1.89. The van der Waals surface area contributed by atoms with E-state index < -0.39 is 0 Å². The molecule has 1 aromatic carbocycles. The fourth-order valence-corrected chi connectivity index (χ4v) is 1.90. The fraction of sp³-hybridized carbons (Fsp3) is 0.538. The van der Waals surface area contributed by atoms with Gasteiger partial charge in [0.1, 0.15) is 5.75 Å². The number of ether oxygens (including phenoxy) is 1. The monoisotopic (exact) mass is 222 g/mol. The van der Waals surface area contributed by atoms with E-state index in [1.54, 1.807) is 7.11 Å². The van der Waals surface area contributed by atoms with Gasteiger partial charge in [0.25, 0.3) is 0 Å². The third kappa shape index (κ3) is 2.74. The van der Waals surface area contributed by atoms with Crippen molar-refractivity contribution in [1.82, 2.24) is 10.6 Å². The second-order valence-corrected chi connectivity index (χ2v) is 4.08. The number of hydrogen-bond acceptors (Lipinski definition) is 3. The van der Waals surface area contributed by atoms with Gasteiger partial charge in [0, 0.05) is 13.2 Å². The summed E-state index contributed by atoms with van der Waals surface area (Å²) >= 11 is 0. The summed E-state index contributed by atoms with van der Waals surface area (Å²) in [6.45, 7) is 8.11. The first-order chi connectivity index (χ1) is 7.61. The largest absolute Gasteiger partial charge is 0.496 e. The van der Waals surface area contributed by atoms with Crippen LogP contribution in [0.5, 0.6) is 5.75 Å². The number of nitrogens with one attached hydrogen (secondary N) is 2. The Morgan fingerprint density at radius 1 is 1.19 bits per heavy atom. The van der Waals surface area contributed by atoms with Gasteiger partial charge in [0.05, 0.1) is 7.11 Å². The minimum atomic E-state index is 0.823. The van der Waals surface area contributed by atoms with Crippen molar-refractivity contribution in [3.05, 3.63) is 28.3 Å². The lowest BCUT2D eigenvalue weighted by atomic mass is 9.97. The lowest BCUT2D eigenvalue weighted by molar-refractivity contribution is 0.410. The van der Waals surface area contributed by atoms with Gasteiger partial charge in [-0.25, -0.2) is 0 Å². The highest BCUT2D eigenvalue weighted by atomic mass is 16.5. The number of hydrogen-bond donors (Lipinski definition) is 2. The molecule has 0 radical (unpaired) electrons. The molecule has 16 heavy (non-hydrogen) atoms. The molecule has 0 spiro atoms. The molecule has 0 aliphatic carbocycles. The minimum absolute atomic E-state index is 0.823. The highest BCUT2D eigenvalue weighted by molar-refractivity contribution is 5.47. The Morgan fingerprint density at radius 2 is 1.88 bits per heavy atom. The molecule has 0 bridgehead atoms. The highest BCUT2D eigenvalue weighted by Gasteiger charge is 2.09. The van der Waals surface area contributed by atoms with Gasteiger partial charge in [-0.05, 0) is 56.1 Å². The van der Waals surface area contributed by atoms with Crippen molar-refractivity contribution in [2.45, 2.75) is 27.3 Å². The van der Waals surface area contributed by atoms with Crippen LogP contribution in [0.1, 0.15) is 22.3 Å². The van der Waals surface area contributed by atoms with Gasteiger partial charge in [0.2, 0.25) is 0 Å². The third-order valence-corrected chi connectivity index (χ3v) is 3.03. The second kappa shape index (κ2) is 5.87. The third-order valence-electron chi connectivity index (χ3n) is 3.03. The van der Waals surface area contributed by atoms with Gasteiger partial charge in [-0.1, -0.05) is 0 Å². The summed E-state index contributed by atoms with van der Waals surface area (Å²) < 4.78 is 5.35. The Morgan fingerprint density at radius 3 is 2.44 bits per heavy atom. The van der Waals surface area contributed by atoms with Gasteiger partial charge in [-0.2, -0.15) is 0 Å². The van der Waals surface area contributed by atoms with Crippen LogP contribution in [-0.4, -0.2) is 20.8 Å². The van der Waals surface area contributed by atoms with E-state index in [2.05, 4.69) is 37.5 Å². The number of methoxy groups -OCH3 is 1. The zero-order valence-electron chi connectivity index (χ0n) is 10.9. The summed E-state index contributed by atoms with van der Waals surface area (Å²) in [6.07, 6.45) is 0. The lowest BCUT2D eigenvalue weighted by Gasteiger charge is -2.16. The first kappa shape index (κ1) is 13.0. The Kier molecular flexibility index (Phi) is 4.77. The Labute approximate surface area is 98.2 Å². The highest BCUT2D eigenvalue weighted by Crippen LogP contribution is 2.27. The standard InChI is InChI=1S/C13H22N2O/c1-9-6-13(16-5)11(3)10(2)12(9)7-15-8-14-4/h6,14-15H,7-8H2,1-5H3. The summed E-state index contributed by atoms with van der Waals surface area (Å²) in [7, 11) is 3.66. The van der Waals surface area contributed by atoms with Crippen LogP contribution >= 0.6 is 0 Å². The van der Waals surface area contributed by atoms with Crippen LogP contribution in [0.4, 0.5) is 0 Å². The molecule has 0 saturated carbocycles. The molecule has 0 amide bonds. The van der Waals surface area contributed by atoms with Crippen molar-refractivity contribution in [3.8, 4) is 5.75 Å². The Balaban J connectivity index is 2.96. The van der Waals surface area contributed by atoms with Crippen molar-refractivity contribution in [1.29, 1.82) is 0 Å². The van der Waals surface area contributed by atoms with Crippen LogP contribution in [0.2, 0.25) is 0 Å². The SMILES string of the molecule is CNCNCc1c(C)cc(OC)c(C)c1C. The first-order valence-corrected chi connectivity index (χ1v) is 5.60. The minimum Gasteiger partial charge on any atom is -0.496 e. The maximum Gasteiger partial charge on any atom is 0.122 e. The quantitative estimate of drug-likeness (QED) is 0.589. The summed E-state index contributed by atoms with van der Waals surface area (Å²) in [6, 6.07) is 2.11. The average molecular weight is 222 g/mol. The zero-order valence-corrected chi connectivity index (χ0v) is 10.9. The van der Waals surface area contributed by atoms with Gasteiger partial charge >= 0.3 is 0 Å². The number of aryl methyl sites for hydroxylation is 1. The fourth-order valence-electron chi connectivity index (χ4n) is 1.90. The molecular formula is C13H22N2O. The lowest BCUT2D eigenvalue weighted by Crippen LogP contribution is -2.26. The molecule has 0 aromatic heterocycles. The van der Waals surface area contributed by atoms with Crippen LogP contribution in [0, 0.1) is 20.8 Å². The zero-order chi connectivity index (χ0) is 12.1. The van der Waals surface area contributed by atoms with Gasteiger partial charge in [0.15, 0.2) is 0 Å². The summed E-state index contributed by atoms with van der Waals surface area (Å²) in [5.74, 6) is 0.979. The van der Waals surface area contributed by atoms with Crippen molar-refractivity contribution < 1.29 is 4.74 Å². The van der Waals surface area contributed by atoms with Gasteiger partial charge in [-0.3, -0.25) is 0 Å². The van der Waals surface area contributed by atoms with Crippen LogP contribution < -0.4 is 15.4 Å². The second-order valence-electron chi connectivity index (χ2n) is 4.08. The molecule has 3 nitrogen and oxygen atoms in total. The molecule has 0 fully saturated rings. The topological polar surface area (TPSA) is 33.3 Å². The maximum atomic E-state index is 5.35. The molecule has 2 N–H and O–H groups in total. The number of benzene rings is 1. The molecule has 3 heteroatoms. The van der Waals surface area contributed by atoms with E-state index in [9.17, 15) is 0 Å². The molecule has 0 atom stereocenters. The maximum absolute atomic E-state index is 5.35. The van der Waals surface area contributed by atoms with Crippen LogP contribution in [-0.2, 0) is 6.54 Å². The van der Waals surface area contributed by atoms with Crippen LogP contribution in [0.15, 0.2) is 6.07 Å². The van der Waals surface area contributed by atoms with Crippen LogP contribution in [0.25, 0.3) is 0 Å². The normalized spacial score (nSPS) is 10.6. The molecule has 0 heterocycles. The van der Waals surface area contributed by atoms with E-state index in [0.29, 0.717) is 0 Å². The van der Waals surface area contributed by atoms with E-state index in [1.807, 2.05) is 7.05 Å². The molecule has 90 valence electrons. The van der Waals surface area contributed by atoms with Crippen molar-refractivity contribution in [3.63, 3.8) is 0 Å². The average Bonchev–Trinajstić information content (AvgIpc) is 2.28. The van der Waals surface area contributed by atoms with Crippen molar-refractivity contribution in [2.24, 2.45) is 0 Å². The van der Waals surface area contributed by atoms with E-state index in [0.717, 1.165) is 19.0 Å². The van der Waals surface area contributed by atoms with Crippen LogP contribution in [0.3, 0.4) is 0 Å². The van der Waals surface area contributed by atoms with E-state index in [-0.39, 0.29) is 0 Å². The Bertz CT molecular complexity index is 361. The molecule has 0 aliphatic heterocycles. The van der Waals surface area contributed by atoms with E-state index >= 15 is 0 Å². The summed E-state index contributed by atoms with van der Waals surface area (Å²) in [5.41, 5.74) is 5.20. The summed E-state index contributed by atoms with van der Waals surface area (Å²) in [5, 5.41) is 6.42. The molecule has 1 aromatic rings. The first-order valence-electron chi connectivity index (χ1n) is 5.60. The number of rotatable bonds is 5. The predicted molar refractivity (Wildman–Crippen MR) is 68.0 cm³/mol. The molecule has 0 saturated heterocycles. The molecule has 1 rings (SSSR count). The molecule has 0 aliphatic rings. The van der Waals surface area contributed by atoms with Gasteiger partial charge in [-0.15, -0.1) is 0 Å². The van der Waals surface area contributed by atoms with Gasteiger partial charge < -0.3 is 15.4 Å². The van der Waals surface area contributed by atoms with E-state index in [4.69, 9.17) is 4.74 Å². The summed E-state index contributed by atoms with van der Waals surface area (Å²) in [4.78, 5) is 0. The molecular weight excluding hydrogens is 200 g/mol. The van der Waals surface area contributed by atoms with Crippen molar-refractivity contribution in [2.75, 3.05) is 20.8 Å². The smallest absolute Gasteiger partial charge is 0.122 e. The molecule has 0 unspecified atom stereocenters. The Hall–Kier alpha value is -1.06.